The topological polar surface area (TPSA) is 41.5 Å². The summed E-state index contributed by atoms with van der Waals surface area (Å²) in [6.07, 6.45) is 1.60. The van der Waals surface area contributed by atoms with E-state index in [9.17, 15) is 4.79 Å². The van der Waals surface area contributed by atoms with Gasteiger partial charge in [-0.2, -0.15) is 5.10 Å². The number of rotatable bonds is 2. The van der Waals surface area contributed by atoms with Crippen molar-refractivity contribution in [1.82, 2.24) is 5.43 Å². The van der Waals surface area contributed by atoms with Gasteiger partial charge in [0.25, 0.3) is 0 Å². The molecule has 0 spiro atoms. The zero-order chi connectivity index (χ0) is 9.68. The summed E-state index contributed by atoms with van der Waals surface area (Å²) in [5.74, 6) is -0.412. The van der Waals surface area contributed by atoms with E-state index in [1.807, 2.05) is 31.2 Å². The maximum Gasteiger partial charge on any atom is 0.240 e. The third kappa shape index (κ3) is 3.07. The van der Waals surface area contributed by atoms with Crippen LogP contribution < -0.4 is 5.43 Å². The van der Waals surface area contributed by atoms with Crippen molar-refractivity contribution in [2.75, 3.05) is 0 Å². The lowest BCUT2D eigenvalue weighted by molar-refractivity contribution is -0.116. The van der Waals surface area contributed by atoms with Gasteiger partial charge in [-0.1, -0.05) is 24.3 Å². The summed E-state index contributed by atoms with van der Waals surface area (Å²) in [6.45, 7) is 5.11. The number of hydrogen-bond donors (Lipinski definition) is 1. The molecule has 1 N–H and O–H groups in total. The van der Waals surface area contributed by atoms with Crippen molar-refractivity contribution in [3.63, 3.8) is 0 Å². The predicted molar refractivity (Wildman–Crippen MR) is 52.3 cm³/mol. The first kappa shape index (κ1) is 9.45. The standard InChI is InChI=1S/C10H11N2O/c1-8-5-3-4-6-10(8)7-11-12-9(2)13/h3-7H,2H2,1H3,(H,12,13). The summed E-state index contributed by atoms with van der Waals surface area (Å²) >= 11 is 0. The summed E-state index contributed by atoms with van der Waals surface area (Å²) in [4.78, 5) is 10.4. The summed E-state index contributed by atoms with van der Waals surface area (Å²) in [5, 5.41) is 3.71. The van der Waals surface area contributed by atoms with E-state index in [0.717, 1.165) is 11.1 Å². The maximum atomic E-state index is 10.4. The zero-order valence-electron chi connectivity index (χ0n) is 7.45. The number of carbonyl (C=O) groups excluding carboxylic acids is 1. The number of nitrogens with zero attached hydrogens (tertiary/aromatic N) is 1. The Kier molecular flexibility index (Phi) is 3.20. The van der Waals surface area contributed by atoms with Crippen molar-refractivity contribution >= 4 is 12.1 Å². The zero-order valence-corrected chi connectivity index (χ0v) is 7.45. The highest BCUT2D eigenvalue weighted by Gasteiger charge is 1.91. The van der Waals surface area contributed by atoms with Gasteiger partial charge in [-0.15, -0.1) is 0 Å². The number of nitrogens with one attached hydrogen (secondary N) is 1. The molecule has 3 nitrogen and oxygen atoms in total. The molecule has 13 heavy (non-hydrogen) atoms. The van der Waals surface area contributed by atoms with Gasteiger partial charge in [-0.25, -0.2) is 5.43 Å². The average Bonchev–Trinajstić information content (AvgIpc) is 2.08. The van der Waals surface area contributed by atoms with Gasteiger partial charge in [-0.3, -0.25) is 4.79 Å². The molecule has 67 valence electrons. The van der Waals surface area contributed by atoms with Crippen LogP contribution in [0.15, 0.2) is 29.4 Å². The number of hydrazone groups is 1. The lowest BCUT2D eigenvalue weighted by Gasteiger charge is -1.97. The minimum Gasteiger partial charge on any atom is -0.273 e. The number of benzene rings is 1. The summed E-state index contributed by atoms with van der Waals surface area (Å²) in [5.41, 5.74) is 4.34. The van der Waals surface area contributed by atoms with Crippen LogP contribution in [0.25, 0.3) is 0 Å². The maximum absolute atomic E-state index is 10.4. The van der Waals surface area contributed by atoms with E-state index >= 15 is 0 Å². The molecule has 0 atom stereocenters. The second kappa shape index (κ2) is 4.40. The molecule has 0 aromatic heterocycles. The van der Waals surface area contributed by atoms with E-state index in [1.165, 1.54) is 0 Å². The number of hydrogen-bond acceptors (Lipinski definition) is 2. The Morgan fingerprint density at radius 1 is 1.54 bits per heavy atom. The normalized spacial score (nSPS) is 10.3. The molecule has 0 aliphatic carbocycles. The minimum atomic E-state index is -0.412. The minimum absolute atomic E-state index is 0.412. The highest BCUT2D eigenvalue weighted by atomic mass is 16.2. The Hall–Kier alpha value is -1.64. The number of carbonyl (C=O) groups is 1. The fourth-order valence-electron chi connectivity index (χ4n) is 0.905. The van der Waals surface area contributed by atoms with Crippen LogP contribution in [0.3, 0.4) is 0 Å². The van der Waals surface area contributed by atoms with Gasteiger partial charge in [0.05, 0.1) is 6.21 Å². The summed E-state index contributed by atoms with van der Waals surface area (Å²) in [7, 11) is 0. The lowest BCUT2D eigenvalue weighted by Crippen LogP contribution is -2.12. The van der Waals surface area contributed by atoms with Crippen molar-refractivity contribution in [1.29, 1.82) is 0 Å². The van der Waals surface area contributed by atoms with Crippen molar-refractivity contribution in [3.05, 3.63) is 42.3 Å². The van der Waals surface area contributed by atoms with Gasteiger partial charge in [0.2, 0.25) is 5.91 Å². The SMILES string of the molecule is [CH2]C(=O)NN=Cc1ccccc1C. The number of amides is 1. The Bertz CT molecular complexity index is 331. The lowest BCUT2D eigenvalue weighted by atomic mass is 10.1. The van der Waals surface area contributed by atoms with Crippen molar-refractivity contribution in [3.8, 4) is 0 Å². The van der Waals surface area contributed by atoms with Gasteiger partial charge in [0.1, 0.15) is 0 Å². The highest BCUT2D eigenvalue weighted by molar-refractivity contribution is 5.84. The van der Waals surface area contributed by atoms with Gasteiger partial charge >= 0.3 is 0 Å². The van der Waals surface area contributed by atoms with Crippen LogP contribution in [0, 0.1) is 13.8 Å². The Morgan fingerprint density at radius 3 is 2.85 bits per heavy atom. The molecule has 1 aromatic rings. The molecule has 0 saturated heterocycles. The van der Waals surface area contributed by atoms with Crippen LogP contribution in [-0.4, -0.2) is 12.1 Å². The second-order valence-electron chi connectivity index (χ2n) is 2.65. The van der Waals surface area contributed by atoms with E-state index in [4.69, 9.17) is 0 Å². The van der Waals surface area contributed by atoms with Gasteiger partial charge in [0, 0.05) is 6.92 Å². The molecule has 1 aromatic carbocycles. The van der Waals surface area contributed by atoms with Crippen LogP contribution in [-0.2, 0) is 4.79 Å². The van der Waals surface area contributed by atoms with Crippen molar-refractivity contribution < 1.29 is 4.79 Å². The third-order valence-corrected chi connectivity index (χ3v) is 1.58. The molecule has 0 fully saturated rings. The van der Waals surface area contributed by atoms with Crippen LogP contribution in [0.4, 0.5) is 0 Å². The Balaban J connectivity index is 2.68. The summed E-state index contributed by atoms with van der Waals surface area (Å²) < 4.78 is 0. The molecule has 0 aliphatic heterocycles. The van der Waals surface area contributed by atoms with Crippen LogP contribution >= 0.6 is 0 Å². The fourth-order valence-corrected chi connectivity index (χ4v) is 0.905. The molecule has 1 rings (SSSR count). The van der Waals surface area contributed by atoms with E-state index in [-0.39, 0.29) is 0 Å². The molecule has 3 heteroatoms. The van der Waals surface area contributed by atoms with Crippen molar-refractivity contribution in [2.45, 2.75) is 6.92 Å². The predicted octanol–water partition coefficient (Wildman–Crippen LogP) is 1.28. The number of aryl methyl sites for hydroxylation is 1. The molecule has 0 aliphatic rings. The van der Waals surface area contributed by atoms with Gasteiger partial charge in [-0.05, 0) is 18.1 Å². The molecule has 0 saturated carbocycles. The van der Waals surface area contributed by atoms with Crippen LogP contribution in [0.1, 0.15) is 11.1 Å². The van der Waals surface area contributed by atoms with E-state index in [0.29, 0.717) is 0 Å². The monoisotopic (exact) mass is 175 g/mol. The fraction of sp³-hybridized carbons (Fsp3) is 0.100. The second-order valence-corrected chi connectivity index (χ2v) is 2.65. The molecule has 1 radical (unpaired) electrons. The first-order valence-electron chi connectivity index (χ1n) is 3.91. The van der Waals surface area contributed by atoms with Gasteiger partial charge < -0.3 is 0 Å². The van der Waals surface area contributed by atoms with Crippen molar-refractivity contribution in [2.24, 2.45) is 5.10 Å². The third-order valence-electron chi connectivity index (χ3n) is 1.58. The molecule has 0 unspecified atom stereocenters. The van der Waals surface area contributed by atoms with Crippen LogP contribution in [0.5, 0.6) is 0 Å². The van der Waals surface area contributed by atoms with Gasteiger partial charge in [0.15, 0.2) is 0 Å². The quantitative estimate of drug-likeness (QED) is 0.534. The average molecular weight is 175 g/mol. The molecule has 0 bridgehead atoms. The first-order valence-corrected chi connectivity index (χ1v) is 3.91. The molecule has 1 amide bonds. The largest absolute Gasteiger partial charge is 0.273 e. The van der Waals surface area contributed by atoms with E-state index in [2.05, 4.69) is 17.5 Å². The van der Waals surface area contributed by atoms with Crippen LogP contribution in [0.2, 0.25) is 0 Å². The highest BCUT2D eigenvalue weighted by Crippen LogP contribution is 2.02. The molecule has 0 heterocycles. The molecular formula is C10H11N2O. The smallest absolute Gasteiger partial charge is 0.240 e. The Labute approximate surface area is 77.5 Å². The first-order chi connectivity index (χ1) is 6.20. The van der Waals surface area contributed by atoms with E-state index < -0.39 is 5.91 Å². The van der Waals surface area contributed by atoms with E-state index in [1.54, 1.807) is 6.21 Å². The summed E-state index contributed by atoms with van der Waals surface area (Å²) in [6, 6.07) is 7.77. The Morgan fingerprint density at radius 2 is 2.23 bits per heavy atom. The molecular weight excluding hydrogens is 164 g/mol.